The first-order valence-electron chi connectivity index (χ1n) is 7.17. The van der Waals surface area contributed by atoms with Crippen molar-refractivity contribution in [2.45, 2.75) is 17.8 Å². The zero-order chi connectivity index (χ0) is 15.7. The second kappa shape index (κ2) is 5.61. The number of aliphatic hydroxyl groups excluding tert-OH is 2. The lowest BCUT2D eigenvalue weighted by Crippen LogP contribution is -2.61. The van der Waals surface area contributed by atoms with Gasteiger partial charge < -0.3 is 19.7 Å². The Morgan fingerprint density at radius 1 is 1.52 bits per heavy atom. The van der Waals surface area contributed by atoms with Crippen molar-refractivity contribution >= 4 is 5.91 Å². The third-order valence-electron chi connectivity index (χ3n) is 3.60. The van der Waals surface area contributed by atoms with Gasteiger partial charge in [0, 0.05) is 0 Å². The molecule has 1 aromatic carbocycles. The highest BCUT2D eigenvalue weighted by molar-refractivity contribution is 5.77. The Morgan fingerprint density at radius 3 is 3.00 bits per heavy atom. The van der Waals surface area contributed by atoms with E-state index in [9.17, 15) is 15.0 Å². The Morgan fingerprint density at radius 2 is 2.29 bits per heavy atom. The monoisotopic (exact) mass is 297 g/mol. The standard InChI is InChI=1S/C14H17NO6/c16-9-14-8-15(21-11(6-20-14)13(14)18)12(17)7-19-10-4-2-1-3-5-10/h1-5,11,13,16,18H,6-9H2/t11-,13?,14-/m1/s1/i6T/t6-,11+,13?,14+/m0. The van der Waals surface area contributed by atoms with Crippen molar-refractivity contribution in [3.05, 3.63) is 30.3 Å². The minimum atomic E-state index is -1.38. The maximum Gasteiger partial charge on any atom is 0.284 e. The van der Waals surface area contributed by atoms with E-state index in [0.717, 1.165) is 5.06 Å². The van der Waals surface area contributed by atoms with Gasteiger partial charge in [-0.05, 0) is 12.1 Å². The first-order chi connectivity index (χ1) is 10.6. The summed E-state index contributed by atoms with van der Waals surface area (Å²) in [6, 6.07) is 8.84. The number of hydrogen-bond acceptors (Lipinski definition) is 6. The molecule has 2 bridgehead atoms. The number of para-hydroxylation sites is 1. The number of benzene rings is 1. The molecule has 0 spiro atoms. The van der Waals surface area contributed by atoms with Crippen LogP contribution in [-0.2, 0) is 14.4 Å². The number of rotatable bonds is 4. The van der Waals surface area contributed by atoms with Gasteiger partial charge in [0.25, 0.3) is 5.91 Å². The number of hydrogen-bond donors (Lipinski definition) is 2. The summed E-state index contributed by atoms with van der Waals surface area (Å²) in [5.41, 5.74) is -1.38. The lowest BCUT2D eigenvalue weighted by molar-refractivity contribution is -0.258. The zero-order valence-corrected chi connectivity index (χ0v) is 11.2. The lowest BCUT2D eigenvalue weighted by atomic mass is 9.95. The minimum Gasteiger partial charge on any atom is -0.484 e. The first-order valence-corrected chi connectivity index (χ1v) is 6.60. The molecule has 3 rings (SSSR count). The van der Waals surface area contributed by atoms with E-state index in [4.69, 9.17) is 15.7 Å². The molecule has 2 heterocycles. The van der Waals surface area contributed by atoms with Crippen LogP contribution in [0.2, 0.25) is 0 Å². The Balaban J connectivity index is 1.65. The van der Waals surface area contributed by atoms with E-state index in [1.165, 1.54) is 0 Å². The molecule has 114 valence electrons. The summed E-state index contributed by atoms with van der Waals surface area (Å²) in [7, 11) is 0. The predicted molar refractivity (Wildman–Crippen MR) is 70.3 cm³/mol. The van der Waals surface area contributed by atoms with Gasteiger partial charge in [-0.3, -0.25) is 9.63 Å². The van der Waals surface area contributed by atoms with E-state index in [0.29, 0.717) is 5.75 Å². The quantitative estimate of drug-likeness (QED) is 0.766. The normalized spacial score (nSPS) is 35.4. The number of fused-ring (bicyclic) bond motifs is 2. The molecule has 0 aliphatic carbocycles. The number of ether oxygens (including phenoxy) is 2. The van der Waals surface area contributed by atoms with E-state index in [1.807, 2.05) is 6.07 Å². The highest BCUT2D eigenvalue weighted by atomic mass is 16.7. The second-order valence-electron chi connectivity index (χ2n) is 5.02. The Labute approximate surface area is 123 Å². The molecule has 1 amide bonds. The smallest absolute Gasteiger partial charge is 0.284 e. The number of nitrogens with zero attached hydrogens (tertiary/aromatic N) is 1. The molecular weight excluding hydrogens is 278 g/mol. The molecule has 2 aliphatic rings. The molecule has 21 heavy (non-hydrogen) atoms. The van der Waals surface area contributed by atoms with Gasteiger partial charge in [-0.25, -0.2) is 5.06 Å². The zero-order valence-electron chi connectivity index (χ0n) is 12.2. The summed E-state index contributed by atoms with van der Waals surface area (Å²) in [5.74, 6) is 0.0682. The van der Waals surface area contributed by atoms with Crippen LogP contribution in [0.1, 0.15) is 1.37 Å². The number of amides is 1. The van der Waals surface area contributed by atoms with Gasteiger partial charge in [-0.2, -0.15) is 0 Å². The summed E-state index contributed by atoms with van der Waals surface area (Å²) in [6.45, 7) is -2.08. The van der Waals surface area contributed by atoms with Crippen LogP contribution in [0.25, 0.3) is 0 Å². The van der Waals surface area contributed by atoms with E-state index in [1.54, 1.807) is 24.3 Å². The fraction of sp³-hybridized carbons (Fsp3) is 0.500. The van der Waals surface area contributed by atoms with Crippen molar-refractivity contribution < 1.29 is 30.7 Å². The molecule has 7 heteroatoms. The minimum absolute atomic E-state index is 0.159. The summed E-state index contributed by atoms with van der Waals surface area (Å²) >= 11 is 0. The van der Waals surface area contributed by atoms with Crippen LogP contribution in [0.3, 0.4) is 0 Å². The summed E-state index contributed by atoms with van der Waals surface area (Å²) in [6.07, 6.45) is -2.17. The maximum absolute atomic E-state index is 12.2. The van der Waals surface area contributed by atoms with E-state index in [2.05, 4.69) is 0 Å². The van der Waals surface area contributed by atoms with Crippen LogP contribution >= 0.6 is 0 Å². The molecule has 1 unspecified atom stereocenters. The first kappa shape index (κ1) is 13.0. The Bertz CT molecular complexity index is 543. The molecule has 2 fully saturated rings. The SMILES string of the molecule is [3H][C@@H]1O[C@@]2(CO)CN(C(=O)COc3ccccc3)O[C@H]1C2O. The highest BCUT2D eigenvalue weighted by Crippen LogP contribution is 2.34. The summed E-state index contributed by atoms with van der Waals surface area (Å²) < 4.78 is 18.3. The molecule has 2 N–H and O–H groups in total. The van der Waals surface area contributed by atoms with Crippen LogP contribution in [0.15, 0.2) is 30.3 Å². The van der Waals surface area contributed by atoms with E-state index >= 15 is 0 Å². The highest BCUT2D eigenvalue weighted by Gasteiger charge is 2.56. The van der Waals surface area contributed by atoms with Gasteiger partial charge in [0.15, 0.2) is 6.61 Å². The third kappa shape index (κ3) is 2.60. The molecule has 4 atom stereocenters. The van der Waals surface area contributed by atoms with Gasteiger partial charge in [-0.15, -0.1) is 0 Å². The average molecular weight is 297 g/mol. The van der Waals surface area contributed by atoms with E-state index < -0.39 is 36.9 Å². The van der Waals surface area contributed by atoms with Crippen LogP contribution in [-0.4, -0.2) is 65.3 Å². The van der Waals surface area contributed by atoms with Crippen molar-refractivity contribution in [2.75, 3.05) is 26.3 Å². The molecule has 1 aromatic rings. The molecule has 0 saturated carbocycles. The van der Waals surface area contributed by atoms with Crippen molar-refractivity contribution in [2.24, 2.45) is 0 Å². The van der Waals surface area contributed by atoms with Crippen molar-refractivity contribution in [1.82, 2.24) is 5.06 Å². The lowest BCUT2D eigenvalue weighted by Gasteiger charge is -2.39. The molecule has 2 saturated heterocycles. The second-order valence-corrected chi connectivity index (χ2v) is 5.02. The number of hydroxylamine groups is 2. The molecular formula is C14H17NO6. The van der Waals surface area contributed by atoms with Crippen molar-refractivity contribution in [3.63, 3.8) is 0 Å². The van der Waals surface area contributed by atoms with Crippen LogP contribution < -0.4 is 4.74 Å². The molecule has 2 aliphatic heterocycles. The van der Waals surface area contributed by atoms with Crippen LogP contribution in [0, 0.1) is 0 Å². The fourth-order valence-electron chi connectivity index (χ4n) is 2.35. The maximum atomic E-state index is 12.2. The van der Waals surface area contributed by atoms with Crippen molar-refractivity contribution in [3.8, 4) is 5.75 Å². The van der Waals surface area contributed by atoms with Gasteiger partial charge >= 0.3 is 0 Å². The van der Waals surface area contributed by atoms with Crippen LogP contribution in [0.5, 0.6) is 5.75 Å². The van der Waals surface area contributed by atoms with Gasteiger partial charge in [0.05, 0.1) is 21.1 Å². The van der Waals surface area contributed by atoms with Gasteiger partial charge in [0.1, 0.15) is 23.6 Å². The fourth-order valence-corrected chi connectivity index (χ4v) is 2.35. The largest absolute Gasteiger partial charge is 0.484 e. The molecule has 7 nitrogen and oxygen atoms in total. The predicted octanol–water partition coefficient (Wildman–Crippen LogP) is -0.670. The Hall–Kier alpha value is -1.67. The average Bonchev–Trinajstić information content (AvgIpc) is 2.69. The third-order valence-corrected chi connectivity index (χ3v) is 3.60. The van der Waals surface area contributed by atoms with Gasteiger partial charge in [0.2, 0.25) is 0 Å². The summed E-state index contributed by atoms with van der Waals surface area (Å²) in [5, 5.41) is 20.5. The molecule has 0 radical (unpaired) electrons. The number of aliphatic hydroxyl groups is 2. The number of carbonyl (C=O) groups is 1. The van der Waals surface area contributed by atoms with Crippen molar-refractivity contribution in [1.29, 1.82) is 0 Å². The summed E-state index contributed by atoms with van der Waals surface area (Å²) in [4.78, 5) is 17.5. The van der Waals surface area contributed by atoms with Crippen LogP contribution in [0.4, 0.5) is 0 Å². The molecule has 0 aromatic heterocycles. The number of carbonyl (C=O) groups excluding carboxylic acids is 1. The topological polar surface area (TPSA) is 88.5 Å². The van der Waals surface area contributed by atoms with Gasteiger partial charge in [-0.1, -0.05) is 18.2 Å². The van der Waals surface area contributed by atoms with E-state index in [-0.39, 0.29) is 13.2 Å². The Kier molecular flexibility index (Phi) is 3.48.